The van der Waals surface area contributed by atoms with Crippen LogP contribution in [0, 0.1) is 17.8 Å². The highest BCUT2D eigenvalue weighted by atomic mass is 16.1. The molecule has 0 saturated heterocycles. The van der Waals surface area contributed by atoms with E-state index in [1.165, 1.54) is 0 Å². The Labute approximate surface area is 94.5 Å². The monoisotopic (exact) mass is 208 g/mol. The molecule has 1 aromatic carbocycles. The van der Waals surface area contributed by atoms with Crippen LogP contribution >= 0.6 is 0 Å². The van der Waals surface area contributed by atoms with Gasteiger partial charge in [0.25, 0.3) is 0 Å². The molecule has 1 aliphatic carbocycles. The van der Waals surface area contributed by atoms with Crippen LogP contribution in [0.2, 0.25) is 0 Å². The summed E-state index contributed by atoms with van der Waals surface area (Å²) in [7, 11) is 0. The average molecular weight is 208 g/mol. The molecule has 0 atom stereocenters. The molecule has 1 radical (unpaired) electrons. The summed E-state index contributed by atoms with van der Waals surface area (Å²) >= 11 is 0. The van der Waals surface area contributed by atoms with Crippen molar-refractivity contribution in [3.63, 3.8) is 0 Å². The standard InChI is InChI=1S/C14H10NO/c15-10-11-6-8-13(9-7-11)14(16)12-4-2-1-3-5-12/h1-2,4-9H,3H2. The average Bonchev–Trinajstić information content (AvgIpc) is 2.39. The molecular formula is C14H10NO. The van der Waals surface area contributed by atoms with Gasteiger partial charge in [0.05, 0.1) is 11.6 Å². The Morgan fingerprint density at radius 1 is 1.25 bits per heavy atom. The molecule has 0 heterocycles. The third kappa shape index (κ3) is 2.09. The number of nitriles is 1. The molecule has 16 heavy (non-hydrogen) atoms. The van der Waals surface area contributed by atoms with Crippen molar-refractivity contribution in [1.82, 2.24) is 0 Å². The van der Waals surface area contributed by atoms with Crippen molar-refractivity contribution >= 4 is 5.78 Å². The van der Waals surface area contributed by atoms with Crippen LogP contribution in [0.3, 0.4) is 0 Å². The normalized spacial score (nSPS) is 14.1. The molecule has 0 fully saturated rings. The van der Waals surface area contributed by atoms with Crippen molar-refractivity contribution < 1.29 is 4.79 Å². The number of benzene rings is 1. The third-order valence-corrected chi connectivity index (χ3v) is 2.42. The highest BCUT2D eigenvalue weighted by molar-refractivity contribution is 6.10. The number of hydrogen-bond donors (Lipinski definition) is 0. The molecule has 0 unspecified atom stereocenters. The molecule has 1 aromatic rings. The van der Waals surface area contributed by atoms with Gasteiger partial charge in [0.1, 0.15) is 0 Å². The van der Waals surface area contributed by atoms with Crippen molar-refractivity contribution in [2.45, 2.75) is 6.42 Å². The van der Waals surface area contributed by atoms with Crippen LogP contribution in [-0.4, -0.2) is 5.78 Å². The third-order valence-electron chi connectivity index (χ3n) is 2.42. The second-order valence-corrected chi connectivity index (χ2v) is 3.51. The fourth-order valence-corrected chi connectivity index (χ4v) is 1.54. The molecule has 0 spiro atoms. The van der Waals surface area contributed by atoms with E-state index in [4.69, 9.17) is 5.26 Å². The fourth-order valence-electron chi connectivity index (χ4n) is 1.54. The summed E-state index contributed by atoms with van der Waals surface area (Å²) in [6, 6.07) is 8.72. The first-order valence-corrected chi connectivity index (χ1v) is 5.06. The Bertz CT molecular complexity index is 501. The van der Waals surface area contributed by atoms with E-state index in [1.807, 2.05) is 30.7 Å². The van der Waals surface area contributed by atoms with Crippen molar-refractivity contribution in [3.05, 3.63) is 65.6 Å². The second kappa shape index (κ2) is 4.59. The maximum absolute atomic E-state index is 12.0. The lowest BCUT2D eigenvalue weighted by Gasteiger charge is -2.07. The van der Waals surface area contributed by atoms with Gasteiger partial charge in [-0.2, -0.15) is 5.26 Å². The van der Waals surface area contributed by atoms with Crippen molar-refractivity contribution in [1.29, 1.82) is 5.26 Å². The van der Waals surface area contributed by atoms with E-state index in [0.29, 0.717) is 16.7 Å². The van der Waals surface area contributed by atoms with Gasteiger partial charge in [-0.25, -0.2) is 0 Å². The summed E-state index contributed by atoms with van der Waals surface area (Å²) in [6.07, 6.45) is 8.39. The summed E-state index contributed by atoms with van der Waals surface area (Å²) in [5.74, 6) is 0.00818. The Morgan fingerprint density at radius 2 is 2.00 bits per heavy atom. The van der Waals surface area contributed by atoms with E-state index in [2.05, 4.69) is 0 Å². The van der Waals surface area contributed by atoms with Crippen LogP contribution in [0.15, 0.2) is 48.1 Å². The number of hydrogen-bond acceptors (Lipinski definition) is 2. The Hall–Kier alpha value is -2.14. The summed E-state index contributed by atoms with van der Waals surface area (Å²) in [4.78, 5) is 12.0. The van der Waals surface area contributed by atoms with Crippen molar-refractivity contribution in [2.24, 2.45) is 0 Å². The van der Waals surface area contributed by atoms with Crippen LogP contribution in [-0.2, 0) is 0 Å². The van der Waals surface area contributed by atoms with Gasteiger partial charge < -0.3 is 0 Å². The van der Waals surface area contributed by atoms with Gasteiger partial charge in [-0.3, -0.25) is 4.79 Å². The van der Waals surface area contributed by atoms with E-state index in [-0.39, 0.29) is 5.78 Å². The smallest absolute Gasteiger partial charge is 0.189 e. The number of ketones is 1. The number of carbonyl (C=O) groups excluding carboxylic acids is 1. The lowest BCUT2D eigenvalue weighted by molar-refractivity contribution is 0.103. The second-order valence-electron chi connectivity index (χ2n) is 3.51. The van der Waals surface area contributed by atoms with Crippen LogP contribution in [0.25, 0.3) is 0 Å². The SMILES string of the molecule is N#Cc1ccc(C(=O)C2=CC=CC[CH]2)cc1. The van der Waals surface area contributed by atoms with Gasteiger partial charge in [0, 0.05) is 11.1 Å². The predicted octanol–water partition coefficient (Wildman–Crippen LogP) is 2.83. The van der Waals surface area contributed by atoms with Gasteiger partial charge in [0.2, 0.25) is 0 Å². The predicted molar refractivity (Wildman–Crippen MR) is 61.6 cm³/mol. The molecular weight excluding hydrogens is 198 g/mol. The first-order chi connectivity index (χ1) is 7.81. The Kier molecular flexibility index (Phi) is 2.98. The van der Waals surface area contributed by atoms with Crippen LogP contribution in [0.5, 0.6) is 0 Å². The first-order valence-electron chi connectivity index (χ1n) is 5.06. The molecule has 0 amide bonds. The molecule has 0 aromatic heterocycles. The summed E-state index contributed by atoms with van der Waals surface area (Å²) < 4.78 is 0. The number of Topliss-reactive ketones (excluding diaryl/α,β-unsaturated/α-hetero) is 1. The van der Waals surface area contributed by atoms with E-state index in [1.54, 1.807) is 24.3 Å². The molecule has 0 saturated carbocycles. The first kappa shape index (κ1) is 10.4. The van der Waals surface area contributed by atoms with Gasteiger partial charge >= 0.3 is 0 Å². The molecule has 0 aliphatic heterocycles. The summed E-state index contributed by atoms with van der Waals surface area (Å²) in [5, 5.41) is 8.65. The lowest BCUT2D eigenvalue weighted by atomic mass is 9.96. The molecule has 0 bridgehead atoms. The summed E-state index contributed by atoms with van der Waals surface area (Å²) in [6.45, 7) is 0. The maximum Gasteiger partial charge on any atom is 0.189 e. The molecule has 2 rings (SSSR count). The van der Waals surface area contributed by atoms with E-state index < -0.39 is 0 Å². The minimum atomic E-state index is 0.00818. The zero-order valence-electron chi connectivity index (χ0n) is 8.68. The van der Waals surface area contributed by atoms with Gasteiger partial charge in [-0.05, 0) is 37.1 Å². The molecule has 77 valence electrons. The highest BCUT2D eigenvalue weighted by Gasteiger charge is 2.12. The van der Waals surface area contributed by atoms with E-state index >= 15 is 0 Å². The van der Waals surface area contributed by atoms with Crippen LogP contribution < -0.4 is 0 Å². The largest absolute Gasteiger partial charge is 0.289 e. The minimum Gasteiger partial charge on any atom is -0.289 e. The topological polar surface area (TPSA) is 40.9 Å². The number of nitrogens with zero attached hydrogens (tertiary/aromatic N) is 1. The van der Waals surface area contributed by atoms with Gasteiger partial charge in [-0.1, -0.05) is 18.2 Å². The van der Waals surface area contributed by atoms with Gasteiger partial charge in [-0.15, -0.1) is 0 Å². The highest BCUT2D eigenvalue weighted by Crippen LogP contribution is 2.16. The van der Waals surface area contributed by atoms with Crippen LogP contribution in [0.4, 0.5) is 0 Å². The number of carbonyl (C=O) groups is 1. The van der Waals surface area contributed by atoms with Crippen molar-refractivity contribution in [2.75, 3.05) is 0 Å². The lowest BCUT2D eigenvalue weighted by Crippen LogP contribution is -2.05. The Balaban J connectivity index is 2.24. The molecule has 0 N–H and O–H groups in total. The maximum atomic E-state index is 12.0. The molecule has 2 heteroatoms. The van der Waals surface area contributed by atoms with E-state index in [0.717, 1.165) is 6.42 Å². The van der Waals surface area contributed by atoms with E-state index in [9.17, 15) is 4.79 Å². The van der Waals surface area contributed by atoms with Crippen LogP contribution in [0.1, 0.15) is 22.3 Å². The quantitative estimate of drug-likeness (QED) is 0.701. The van der Waals surface area contributed by atoms with Gasteiger partial charge in [0.15, 0.2) is 5.78 Å². The zero-order chi connectivity index (χ0) is 11.4. The zero-order valence-corrected chi connectivity index (χ0v) is 8.68. The Morgan fingerprint density at radius 3 is 2.56 bits per heavy atom. The summed E-state index contributed by atoms with van der Waals surface area (Å²) in [5.41, 5.74) is 1.90. The fraction of sp³-hybridized carbons (Fsp3) is 0.0714. The molecule has 1 aliphatic rings. The number of rotatable bonds is 2. The molecule has 2 nitrogen and oxygen atoms in total. The minimum absolute atomic E-state index is 0.00818. The van der Waals surface area contributed by atoms with Crippen molar-refractivity contribution in [3.8, 4) is 6.07 Å². The number of allylic oxidation sites excluding steroid dienone is 4.